The van der Waals surface area contributed by atoms with Crippen LogP contribution >= 0.6 is 11.3 Å². The second-order valence-electron chi connectivity index (χ2n) is 5.71. The number of benzene rings is 3. The number of carbonyl (C=O) groups is 1. The Hall–Kier alpha value is -3.18. The van der Waals surface area contributed by atoms with Gasteiger partial charge in [-0.05, 0) is 35.4 Å². The SMILES string of the molecule is O=C(COc1ccc(-c2ccccc2)cc1)Nc1nc2ccccc2s1. The van der Waals surface area contributed by atoms with Crippen LogP contribution in [0, 0.1) is 0 Å². The molecular weight excluding hydrogens is 344 g/mol. The van der Waals surface area contributed by atoms with E-state index in [1.165, 1.54) is 11.3 Å². The predicted molar refractivity (Wildman–Crippen MR) is 106 cm³/mol. The van der Waals surface area contributed by atoms with E-state index in [2.05, 4.69) is 22.4 Å². The smallest absolute Gasteiger partial charge is 0.264 e. The predicted octanol–water partition coefficient (Wildman–Crippen LogP) is 4.98. The van der Waals surface area contributed by atoms with Crippen molar-refractivity contribution in [1.29, 1.82) is 0 Å². The number of carbonyl (C=O) groups excluding carboxylic acids is 1. The van der Waals surface area contributed by atoms with Crippen LogP contribution in [0.1, 0.15) is 0 Å². The van der Waals surface area contributed by atoms with Crippen LogP contribution in [0.25, 0.3) is 21.3 Å². The first-order valence-corrected chi connectivity index (χ1v) is 9.03. The molecule has 1 amide bonds. The van der Waals surface area contributed by atoms with E-state index in [9.17, 15) is 4.79 Å². The number of nitrogens with zero attached hydrogens (tertiary/aromatic N) is 1. The first-order valence-electron chi connectivity index (χ1n) is 8.22. The average molecular weight is 360 g/mol. The van der Waals surface area contributed by atoms with Crippen molar-refractivity contribution in [3.05, 3.63) is 78.9 Å². The largest absolute Gasteiger partial charge is 0.484 e. The van der Waals surface area contributed by atoms with Crippen LogP contribution in [0.3, 0.4) is 0 Å². The highest BCUT2D eigenvalue weighted by molar-refractivity contribution is 7.22. The summed E-state index contributed by atoms with van der Waals surface area (Å²) in [5, 5.41) is 3.36. The maximum atomic E-state index is 12.1. The summed E-state index contributed by atoms with van der Waals surface area (Å²) >= 11 is 1.45. The van der Waals surface area contributed by atoms with E-state index in [1.54, 1.807) is 0 Å². The van der Waals surface area contributed by atoms with Crippen molar-refractivity contribution < 1.29 is 9.53 Å². The summed E-state index contributed by atoms with van der Waals surface area (Å²) in [6.45, 7) is -0.0550. The van der Waals surface area contributed by atoms with E-state index < -0.39 is 0 Å². The first kappa shape index (κ1) is 16.3. The summed E-state index contributed by atoms with van der Waals surface area (Å²) in [7, 11) is 0. The van der Waals surface area contributed by atoms with Gasteiger partial charge in [-0.15, -0.1) is 0 Å². The molecule has 0 radical (unpaired) electrons. The number of anilines is 1. The fraction of sp³-hybridized carbons (Fsp3) is 0.0476. The van der Waals surface area contributed by atoms with Crippen LogP contribution in [0.4, 0.5) is 5.13 Å². The summed E-state index contributed by atoms with van der Waals surface area (Å²) in [5.41, 5.74) is 3.13. The molecule has 0 aliphatic rings. The minimum absolute atomic E-state index is 0.0550. The van der Waals surface area contributed by atoms with Gasteiger partial charge in [0.05, 0.1) is 10.2 Å². The molecule has 0 saturated heterocycles. The van der Waals surface area contributed by atoms with Crippen molar-refractivity contribution in [2.75, 3.05) is 11.9 Å². The van der Waals surface area contributed by atoms with E-state index in [-0.39, 0.29) is 12.5 Å². The molecule has 128 valence electrons. The van der Waals surface area contributed by atoms with Gasteiger partial charge in [0.2, 0.25) is 0 Å². The van der Waals surface area contributed by atoms with Gasteiger partial charge >= 0.3 is 0 Å². The van der Waals surface area contributed by atoms with Crippen LogP contribution < -0.4 is 10.1 Å². The zero-order valence-electron chi connectivity index (χ0n) is 13.9. The number of aromatic nitrogens is 1. The lowest BCUT2D eigenvalue weighted by atomic mass is 10.1. The lowest BCUT2D eigenvalue weighted by Gasteiger charge is -2.07. The third-order valence-electron chi connectivity index (χ3n) is 3.87. The van der Waals surface area contributed by atoms with Gasteiger partial charge in [0.1, 0.15) is 5.75 Å². The molecule has 0 aliphatic heterocycles. The molecule has 0 spiro atoms. The van der Waals surface area contributed by atoms with E-state index in [1.807, 2.05) is 66.7 Å². The molecule has 26 heavy (non-hydrogen) atoms. The normalized spacial score (nSPS) is 10.6. The highest BCUT2D eigenvalue weighted by Crippen LogP contribution is 2.25. The molecule has 5 heteroatoms. The van der Waals surface area contributed by atoms with Crippen molar-refractivity contribution >= 4 is 32.6 Å². The zero-order chi connectivity index (χ0) is 17.8. The Morgan fingerprint density at radius 1 is 0.885 bits per heavy atom. The van der Waals surface area contributed by atoms with Crippen molar-refractivity contribution in [2.24, 2.45) is 0 Å². The molecule has 3 aromatic carbocycles. The standard InChI is InChI=1S/C21H16N2O2S/c24-20(23-21-22-18-8-4-5-9-19(18)26-21)14-25-17-12-10-16(11-13-17)15-6-2-1-3-7-15/h1-13H,14H2,(H,22,23,24). The summed E-state index contributed by atoms with van der Waals surface area (Å²) in [4.78, 5) is 16.5. The summed E-state index contributed by atoms with van der Waals surface area (Å²) in [6, 6.07) is 25.6. The van der Waals surface area contributed by atoms with Gasteiger partial charge in [-0.1, -0.05) is 65.9 Å². The molecule has 4 aromatic rings. The molecule has 1 heterocycles. The Kier molecular flexibility index (Phi) is 4.62. The Labute approximate surface area is 155 Å². The van der Waals surface area contributed by atoms with Crippen molar-refractivity contribution in [3.8, 4) is 16.9 Å². The van der Waals surface area contributed by atoms with Gasteiger partial charge in [-0.3, -0.25) is 10.1 Å². The highest BCUT2D eigenvalue weighted by atomic mass is 32.1. The first-order chi connectivity index (χ1) is 12.8. The second-order valence-corrected chi connectivity index (χ2v) is 6.74. The minimum Gasteiger partial charge on any atom is -0.484 e. The quantitative estimate of drug-likeness (QED) is 0.546. The Morgan fingerprint density at radius 3 is 2.35 bits per heavy atom. The molecule has 4 nitrogen and oxygen atoms in total. The summed E-state index contributed by atoms with van der Waals surface area (Å²) in [5.74, 6) is 0.431. The molecule has 0 aliphatic carbocycles. The van der Waals surface area contributed by atoms with Crippen LogP contribution in [0.15, 0.2) is 78.9 Å². The lowest BCUT2D eigenvalue weighted by Crippen LogP contribution is -2.19. The molecule has 0 unspecified atom stereocenters. The fourth-order valence-electron chi connectivity index (χ4n) is 2.60. The Bertz CT molecular complexity index is 994. The van der Waals surface area contributed by atoms with Gasteiger partial charge < -0.3 is 4.74 Å². The Balaban J connectivity index is 1.35. The number of para-hydroxylation sites is 1. The van der Waals surface area contributed by atoms with Gasteiger partial charge in [0, 0.05) is 0 Å². The molecule has 1 N–H and O–H groups in total. The third kappa shape index (κ3) is 3.73. The van der Waals surface area contributed by atoms with Gasteiger partial charge in [0.15, 0.2) is 11.7 Å². The molecule has 4 rings (SSSR count). The molecule has 0 saturated carbocycles. The maximum Gasteiger partial charge on any atom is 0.264 e. The average Bonchev–Trinajstić information content (AvgIpc) is 3.09. The Morgan fingerprint density at radius 2 is 1.58 bits per heavy atom. The van der Waals surface area contributed by atoms with Crippen LogP contribution in [0.2, 0.25) is 0 Å². The summed E-state index contributed by atoms with van der Waals surface area (Å²) < 4.78 is 6.61. The van der Waals surface area contributed by atoms with Gasteiger partial charge in [-0.2, -0.15) is 0 Å². The zero-order valence-corrected chi connectivity index (χ0v) is 14.7. The number of nitrogens with one attached hydrogen (secondary N) is 1. The number of thiazole rings is 1. The maximum absolute atomic E-state index is 12.1. The number of ether oxygens (including phenoxy) is 1. The number of hydrogen-bond acceptors (Lipinski definition) is 4. The summed E-state index contributed by atoms with van der Waals surface area (Å²) in [6.07, 6.45) is 0. The topological polar surface area (TPSA) is 51.2 Å². The number of rotatable bonds is 5. The van der Waals surface area contributed by atoms with E-state index in [4.69, 9.17) is 4.74 Å². The monoisotopic (exact) mass is 360 g/mol. The van der Waals surface area contributed by atoms with Crippen molar-refractivity contribution in [2.45, 2.75) is 0 Å². The molecule has 0 bridgehead atoms. The highest BCUT2D eigenvalue weighted by Gasteiger charge is 2.08. The lowest BCUT2D eigenvalue weighted by molar-refractivity contribution is -0.118. The van der Waals surface area contributed by atoms with Gasteiger partial charge in [0.25, 0.3) is 5.91 Å². The third-order valence-corrected chi connectivity index (χ3v) is 4.82. The van der Waals surface area contributed by atoms with Crippen LogP contribution in [-0.2, 0) is 4.79 Å². The minimum atomic E-state index is -0.226. The van der Waals surface area contributed by atoms with Crippen LogP contribution in [-0.4, -0.2) is 17.5 Å². The number of fused-ring (bicyclic) bond motifs is 1. The van der Waals surface area contributed by atoms with E-state index in [0.29, 0.717) is 10.9 Å². The van der Waals surface area contributed by atoms with Crippen molar-refractivity contribution in [1.82, 2.24) is 4.98 Å². The van der Waals surface area contributed by atoms with E-state index in [0.717, 1.165) is 21.3 Å². The van der Waals surface area contributed by atoms with Gasteiger partial charge in [-0.25, -0.2) is 4.98 Å². The molecule has 1 aromatic heterocycles. The van der Waals surface area contributed by atoms with Crippen LogP contribution in [0.5, 0.6) is 5.75 Å². The van der Waals surface area contributed by atoms with E-state index >= 15 is 0 Å². The van der Waals surface area contributed by atoms with Crippen molar-refractivity contribution in [3.63, 3.8) is 0 Å². The second kappa shape index (κ2) is 7.37. The molecule has 0 fully saturated rings. The fourth-order valence-corrected chi connectivity index (χ4v) is 3.49. The molecular formula is C21H16N2O2S. The number of amides is 1. The number of hydrogen-bond donors (Lipinski definition) is 1. The molecule has 0 atom stereocenters.